The molecule has 8 nitrogen and oxygen atoms in total. The number of rotatable bonds is 4. The van der Waals surface area contributed by atoms with Crippen LogP contribution in [0.3, 0.4) is 0 Å². The first-order valence-corrected chi connectivity index (χ1v) is 9.77. The van der Waals surface area contributed by atoms with E-state index in [0.717, 1.165) is 4.90 Å². The number of nitrogens with zero attached hydrogens (tertiary/aromatic N) is 2. The molecule has 8 heteroatoms. The number of phenols is 1. The van der Waals surface area contributed by atoms with E-state index in [4.69, 9.17) is 0 Å². The summed E-state index contributed by atoms with van der Waals surface area (Å²) in [4.78, 5) is 52.3. The van der Waals surface area contributed by atoms with Crippen molar-refractivity contribution in [1.29, 1.82) is 0 Å². The van der Waals surface area contributed by atoms with Gasteiger partial charge in [-0.1, -0.05) is 24.3 Å². The van der Waals surface area contributed by atoms with Gasteiger partial charge in [-0.25, -0.2) is 0 Å². The number of amides is 4. The zero-order chi connectivity index (χ0) is 21.3. The Bertz CT molecular complexity index is 992. The Morgan fingerprint density at radius 2 is 1.50 bits per heavy atom. The number of hydrogen-bond donors (Lipinski definition) is 2. The molecule has 4 rings (SSSR count). The first-order chi connectivity index (χ1) is 14.5. The highest BCUT2D eigenvalue weighted by atomic mass is 16.3. The lowest BCUT2D eigenvalue weighted by atomic mass is 10.0. The number of phenolic OH excluding ortho intramolecular Hbond substituents is 1. The number of benzene rings is 2. The average Bonchev–Trinajstić information content (AvgIpc) is 2.99. The summed E-state index contributed by atoms with van der Waals surface area (Å²) in [7, 11) is 0. The van der Waals surface area contributed by atoms with Crippen molar-refractivity contribution in [2.45, 2.75) is 18.9 Å². The summed E-state index contributed by atoms with van der Waals surface area (Å²) < 4.78 is 0. The number of para-hydroxylation sites is 1. The molecule has 2 aliphatic rings. The van der Waals surface area contributed by atoms with Crippen LogP contribution < -0.4 is 5.32 Å². The molecule has 0 spiro atoms. The van der Waals surface area contributed by atoms with E-state index >= 15 is 0 Å². The molecule has 0 atom stereocenters. The second kappa shape index (κ2) is 7.98. The van der Waals surface area contributed by atoms with Gasteiger partial charge in [0.1, 0.15) is 12.3 Å². The lowest BCUT2D eigenvalue weighted by Gasteiger charge is -2.32. The maximum Gasteiger partial charge on any atom is 0.262 e. The summed E-state index contributed by atoms with van der Waals surface area (Å²) in [6.07, 6.45) is 1.10. The molecule has 0 saturated carbocycles. The predicted octanol–water partition coefficient (Wildman–Crippen LogP) is 1.41. The molecule has 4 amide bonds. The smallest absolute Gasteiger partial charge is 0.262 e. The van der Waals surface area contributed by atoms with E-state index in [9.17, 15) is 24.3 Å². The van der Waals surface area contributed by atoms with Crippen molar-refractivity contribution in [3.05, 3.63) is 65.2 Å². The van der Waals surface area contributed by atoms with E-state index in [-0.39, 0.29) is 29.8 Å². The van der Waals surface area contributed by atoms with Crippen molar-refractivity contribution >= 4 is 23.6 Å². The summed E-state index contributed by atoms with van der Waals surface area (Å²) in [6.45, 7) is 0.541. The summed E-state index contributed by atoms with van der Waals surface area (Å²) in [5.41, 5.74) is 0.878. The Balaban J connectivity index is 1.30. The Labute approximate surface area is 173 Å². The third kappa shape index (κ3) is 3.63. The van der Waals surface area contributed by atoms with Crippen LogP contribution in [0.15, 0.2) is 48.5 Å². The average molecular weight is 407 g/mol. The highest BCUT2D eigenvalue weighted by Crippen LogP contribution is 2.23. The molecule has 154 valence electrons. The standard InChI is InChI=1S/C22H21N3O5/c26-18-8-4-3-7-17(18)20(28)24-11-9-14(10-12-24)23-19(27)13-25-21(29)15-5-1-2-6-16(15)22(25)30/h1-8,14,26H,9-13H2,(H,23,27). The van der Waals surface area contributed by atoms with Gasteiger partial charge in [0, 0.05) is 19.1 Å². The summed E-state index contributed by atoms with van der Waals surface area (Å²) in [5, 5.41) is 12.7. The van der Waals surface area contributed by atoms with Crippen LogP contribution in [0.5, 0.6) is 5.75 Å². The van der Waals surface area contributed by atoms with Crippen molar-refractivity contribution in [1.82, 2.24) is 15.1 Å². The van der Waals surface area contributed by atoms with E-state index in [1.807, 2.05) is 0 Å². The molecule has 0 aromatic heterocycles. The third-order valence-electron chi connectivity index (χ3n) is 5.46. The van der Waals surface area contributed by atoms with E-state index < -0.39 is 17.7 Å². The number of carbonyl (C=O) groups is 4. The number of hydrogen-bond acceptors (Lipinski definition) is 5. The minimum absolute atomic E-state index is 0.0566. The fourth-order valence-corrected chi connectivity index (χ4v) is 3.85. The minimum atomic E-state index is -0.464. The minimum Gasteiger partial charge on any atom is -0.507 e. The fraction of sp³-hybridized carbons (Fsp3) is 0.273. The monoisotopic (exact) mass is 407 g/mol. The van der Waals surface area contributed by atoms with Gasteiger partial charge in [0.25, 0.3) is 17.7 Å². The number of nitrogens with one attached hydrogen (secondary N) is 1. The van der Waals surface area contributed by atoms with Crippen molar-refractivity contribution in [2.24, 2.45) is 0 Å². The van der Waals surface area contributed by atoms with E-state index in [1.54, 1.807) is 47.4 Å². The molecular formula is C22H21N3O5. The Hall–Kier alpha value is -3.68. The largest absolute Gasteiger partial charge is 0.507 e. The van der Waals surface area contributed by atoms with Crippen LogP contribution in [0.4, 0.5) is 0 Å². The summed E-state index contributed by atoms with van der Waals surface area (Å²) in [5.74, 6) is -1.64. The third-order valence-corrected chi connectivity index (χ3v) is 5.46. The van der Waals surface area contributed by atoms with Crippen LogP contribution in [-0.2, 0) is 4.79 Å². The van der Waals surface area contributed by atoms with Gasteiger partial charge in [-0.3, -0.25) is 24.1 Å². The van der Waals surface area contributed by atoms with Crippen molar-refractivity contribution in [3.8, 4) is 5.75 Å². The van der Waals surface area contributed by atoms with Crippen LogP contribution >= 0.6 is 0 Å². The van der Waals surface area contributed by atoms with Gasteiger partial charge in [-0.05, 0) is 37.1 Å². The lowest BCUT2D eigenvalue weighted by molar-refractivity contribution is -0.122. The molecule has 2 N–H and O–H groups in total. The van der Waals surface area contributed by atoms with E-state index in [1.165, 1.54) is 6.07 Å². The van der Waals surface area contributed by atoms with Gasteiger partial charge in [0.2, 0.25) is 5.91 Å². The van der Waals surface area contributed by atoms with E-state index in [2.05, 4.69) is 5.32 Å². The van der Waals surface area contributed by atoms with E-state index in [0.29, 0.717) is 37.1 Å². The number of piperidine rings is 1. The number of likely N-dealkylation sites (tertiary alicyclic amines) is 1. The lowest BCUT2D eigenvalue weighted by Crippen LogP contribution is -2.49. The van der Waals surface area contributed by atoms with Crippen molar-refractivity contribution in [3.63, 3.8) is 0 Å². The molecule has 30 heavy (non-hydrogen) atoms. The zero-order valence-electron chi connectivity index (χ0n) is 16.2. The maximum absolute atomic E-state index is 12.6. The van der Waals surface area contributed by atoms with Gasteiger partial charge >= 0.3 is 0 Å². The van der Waals surface area contributed by atoms with Gasteiger partial charge in [0.15, 0.2) is 0 Å². The summed E-state index contributed by atoms with van der Waals surface area (Å²) in [6, 6.07) is 12.8. The van der Waals surface area contributed by atoms with Gasteiger partial charge < -0.3 is 15.3 Å². The molecule has 2 heterocycles. The van der Waals surface area contributed by atoms with Gasteiger partial charge in [-0.2, -0.15) is 0 Å². The molecule has 2 aromatic carbocycles. The Kier molecular flexibility index (Phi) is 5.22. The van der Waals surface area contributed by atoms with Crippen molar-refractivity contribution in [2.75, 3.05) is 19.6 Å². The molecule has 1 fully saturated rings. The molecule has 0 aliphatic carbocycles. The first kappa shape index (κ1) is 19.6. The highest BCUT2D eigenvalue weighted by Gasteiger charge is 2.36. The molecule has 0 radical (unpaired) electrons. The van der Waals surface area contributed by atoms with Gasteiger partial charge in [0.05, 0.1) is 16.7 Å². The van der Waals surface area contributed by atoms with Crippen LogP contribution in [0.25, 0.3) is 0 Å². The molecule has 0 bridgehead atoms. The van der Waals surface area contributed by atoms with Crippen LogP contribution in [0.2, 0.25) is 0 Å². The number of imide groups is 1. The quantitative estimate of drug-likeness (QED) is 0.746. The highest BCUT2D eigenvalue weighted by molar-refractivity contribution is 6.22. The molecular weight excluding hydrogens is 386 g/mol. The molecule has 1 saturated heterocycles. The molecule has 2 aromatic rings. The molecule has 2 aliphatic heterocycles. The SMILES string of the molecule is O=C(CN1C(=O)c2ccccc2C1=O)NC1CCN(C(=O)c2ccccc2O)CC1. The van der Waals surface area contributed by atoms with Gasteiger partial charge in [-0.15, -0.1) is 0 Å². The maximum atomic E-state index is 12.6. The van der Waals surface area contributed by atoms with Crippen LogP contribution in [0.1, 0.15) is 43.9 Å². The zero-order valence-corrected chi connectivity index (χ0v) is 16.2. The summed E-state index contributed by atoms with van der Waals surface area (Å²) >= 11 is 0. The molecule has 0 unspecified atom stereocenters. The number of aromatic hydroxyl groups is 1. The topological polar surface area (TPSA) is 107 Å². The van der Waals surface area contributed by atoms with Crippen LogP contribution in [0, 0.1) is 0 Å². The predicted molar refractivity (Wildman–Crippen MR) is 107 cm³/mol. The first-order valence-electron chi connectivity index (χ1n) is 9.77. The second-order valence-corrected chi connectivity index (χ2v) is 7.39. The fourth-order valence-electron chi connectivity index (χ4n) is 3.85. The second-order valence-electron chi connectivity index (χ2n) is 7.39. The number of carbonyl (C=O) groups excluding carboxylic acids is 4. The number of fused-ring (bicyclic) bond motifs is 1. The Morgan fingerprint density at radius 3 is 2.10 bits per heavy atom. The normalized spacial score (nSPS) is 16.5. The van der Waals surface area contributed by atoms with Crippen molar-refractivity contribution < 1.29 is 24.3 Å². The van der Waals surface area contributed by atoms with Crippen LogP contribution in [-0.4, -0.2) is 64.2 Å². The Morgan fingerprint density at radius 1 is 0.933 bits per heavy atom.